The van der Waals surface area contributed by atoms with Crippen molar-refractivity contribution in [3.05, 3.63) is 57.2 Å². The zero-order valence-electron chi connectivity index (χ0n) is 15.3. The molecule has 0 aliphatic rings. The number of thiocarbonyl (C=S) groups is 1. The van der Waals surface area contributed by atoms with Crippen LogP contribution in [0.5, 0.6) is 5.75 Å². The fraction of sp³-hybridized carbons (Fsp3) is 0.211. The highest BCUT2D eigenvalue weighted by Crippen LogP contribution is 2.27. The number of nitrogens with one attached hydrogen (secondary N) is 1. The average Bonchev–Trinajstić information content (AvgIpc) is 2.96. The Balaban J connectivity index is 2.10. The lowest BCUT2D eigenvalue weighted by Crippen LogP contribution is -2.29. The van der Waals surface area contributed by atoms with E-state index >= 15 is 0 Å². The van der Waals surface area contributed by atoms with Crippen LogP contribution in [-0.2, 0) is 13.5 Å². The number of aromatic hydroxyl groups is 1. The number of nitrogens with zero attached hydrogens (tertiary/aromatic N) is 3. The van der Waals surface area contributed by atoms with Gasteiger partial charge in [0, 0.05) is 19.8 Å². The van der Waals surface area contributed by atoms with Crippen molar-refractivity contribution in [2.75, 3.05) is 11.9 Å². The monoisotopic (exact) mass is 400 g/mol. The Bertz CT molecular complexity index is 1080. The molecule has 0 saturated carbocycles. The van der Waals surface area contributed by atoms with E-state index in [0.717, 1.165) is 27.9 Å². The maximum atomic E-state index is 11.9. The van der Waals surface area contributed by atoms with Gasteiger partial charge in [0.2, 0.25) is 0 Å². The van der Waals surface area contributed by atoms with Gasteiger partial charge in [0.15, 0.2) is 5.84 Å². The summed E-state index contributed by atoms with van der Waals surface area (Å²) in [6.45, 7) is 2.05. The van der Waals surface area contributed by atoms with Gasteiger partial charge in [-0.05, 0) is 42.3 Å². The normalized spacial score (nSPS) is 11.6. The molecule has 1 aromatic heterocycles. The number of hydrogen-bond donors (Lipinski definition) is 2. The van der Waals surface area contributed by atoms with Crippen LogP contribution in [0.2, 0.25) is 0 Å². The van der Waals surface area contributed by atoms with Crippen LogP contribution in [0.15, 0.2) is 46.3 Å². The number of benzene rings is 2. The van der Waals surface area contributed by atoms with Crippen molar-refractivity contribution in [2.24, 2.45) is 12.1 Å². The minimum absolute atomic E-state index is 0.00522. The molecule has 0 fully saturated rings. The van der Waals surface area contributed by atoms with Crippen molar-refractivity contribution in [1.29, 1.82) is 0 Å². The number of phenolic OH excluding ortho intramolecular Hbond substituents is 1. The van der Waals surface area contributed by atoms with E-state index in [9.17, 15) is 9.90 Å². The van der Waals surface area contributed by atoms with E-state index in [1.807, 2.05) is 42.3 Å². The van der Waals surface area contributed by atoms with Crippen LogP contribution in [-0.4, -0.2) is 28.0 Å². The highest BCUT2D eigenvalue weighted by molar-refractivity contribution is 7.78. The quantitative estimate of drug-likeness (QED) is 0.298. The van der Waals surface area contributed by atoms with Crippen molar-refractivity contribution in [2.45, 2.75) is 13.3 Å². The Hall–Kier alpha value is -2.71. The Morgan fingerprint density at radius 3 is 2.85 bits per heavy atom. The molecule has 6 nitrogen and oxygen atoms in total. The van der Waals surface area contributed by atoms with Gasteiger partial charge in [-0.15, -0.1) is 0 Å². The predicted molar refractivity (Wildman–Crippen MR) is 116 cm³/mol. The van der Waals surface area contributed by atoms with Crippen molar-refractivity contribution in [3.8, 4) is 5.75 Å². The summed E-state index contributed by atoms with van der Waals surface area (Å²) in [7, 11) is 3.61. The van der Waals surface area contributed by atoms with E-state index in [-0.39, 0.29) is 10.6 Å². The van der Waals surface area contributed by atoms with Gasteiger partial charge in [-0.3, -0.25) is 10.2 Å². The Morgan fingerprint density at radius 1 is 1.37 bits per heavy atom. The van der Waals surface area contributed by atoms with Gasteiger partial charge in [-0.25, -0.2) is 0 Å². The number of hydrazone groups is 1. The summed E-state index contributed by atoms with van der Waals surface area (Å²) in [5, 5.41) is 14.7. The molecule has 0 amide bonds. The number of fused-ring (bicyclic) bond motifs is 1. The van der Waals surface area contributed by atoms with Gasteiger partial charge >= 0.3 is 4.87 Å². The first-order valence-electron chi connectivity index (χ1n) is 8.38. The van der Waals surface area contributed by atoms with E-state index in [1.165, 1.54) is 16.8 Å². The molecule has 0 aliphatic heterocycles. The van der Waals surface area contributed by atoms with E-state index in [1.54, 1.807) is 17.7 Å². The second kappa shape index (κ2) is 7.89. The van der Waals surface area contributed by atoms with E-state index in [0.29, 0.717) is 11.4 Å². The molecule has 3 aromatic rings. The maximum Gasteiger partial charge on any atom is 0.307 e. The van der Waals surface area contributed by atoms with Gasteiger partial charge in [0.25, 0.3) is 0 Å². The van der Waals surface area contributed by atoms with Crippen LogP contribution in [0.1, 0.15) is 18.1 Å². The zero-order chi connectivity index (χ0) is 19.6. The highest BCUT2D eigenvalue weighted by Gasteiger charge is 2.17. The topological polar surface area (TPSA) is 69.9 Å². The zero-order valence-corrected chi connectivity index (χ0v) is 16.9. The fourth-order valence-corrected chi connectivity index (χ4v) is 3.80. The second-order valence-corrected chi connectivity index (χ2v) is 7.25. The van der Waals surface area contributed by atoms with Crippen LogP contribution >= 0.6 is 23.6 Å². The van der Waals surface area contributed by atoms with Crippen LogP contribution < -0.4 is 15.2 Å². The molecule has 0 aliphatic carbocycles. The van der Waals surface area contributed by atoms with Gasteiger partial charge in [0.05, 0.1) is 21.3 Å². The molecule has 0 unspecified atom stereocenters. The molecule has 0 radical (unpaired) electrons. The smallest absolute Gasteiger partial charge is 0.307 e. The molecule has 27 heavy (non-hydrogen) atoms. The van der Waals surface area contributed by atoms with Crippen LogP contribution in [0.25, 0.3) is 10.2 Å². The molecule has 3 rings (SSSR count). The molecule has 0 bridgehead atoms. The standard InChI is InChI=1S/C19H20N4O2S2/c1-4-12-5-8-16(24)14(9-12)18(21-20-11-26)22(2)13-6-7-15-17(10-13)27-19(25)23(15)3/h5-11,24H,4H2,1-3H3,(H,20,26)/b21-18-. The number of thiazole rings is 1. The fourth-order valence-electron chi connectivity index (χ4n) is 2.84. The first kappa shape index (κ1) is 19.1. The average molecular weight is 401 g/mol. The molecular weight excluding hydrogens is 380 g/mol. The van der Waals surface area contributed by atoms with Gasteiger partial charge in [0.1, 0.15) is 5.75 Å². The van der Waals surface area contributed by atoms with Crippen LogP contribution in [0.3, 0.4) is 0 Å². The van der Waals surface area contributed by atoms with Crippen molar-refractivity contribution in [3.63, 3.8) is 0 Å². The first-order valence-corrected chi connectivity index (χ1v) is 9.67. The summed E-state index contributed by atoms with van der Waals surface area (Å²) in [5.41, 5.74) is 7.40. The number of aryl methyl sites for hydroxylation is 2. The largest absolute Gasteiger partial charge is 0.507 e. The molecule has 0 saturated heterocycles. The molecule has 2 aromatic carbocycles. The lowest BCUT2D eigenvalue weighted by atomic mass is 10.1. The lowest BCUT2D eigenvalue weighted by Gasteiger charge is -2.22. The van der Waals surface area contributed by atoms with Crippen LogP contribution in [0.4, 0.5) is 5.69 Å². The second-order valence-electron chi connectivity index (χ2n) is 6.03. The molecular formula is C19H20N4O2S2. The molecule has 8 heteroatoms. The number of rotatable bonds is 5. The summed E-state index contributed by atoms with van der Waals surface area (Å²) in [4.78, 5) is 13.8. The Kier molecular flexibility index (Phi) is 5.57. The Morgan fingerprint density at radius 2 is 2.15 bits per heavy atom. The van der Waals surface area contributed by atoms with Crippen molar-refractivity contribution < 1.29 is 5.11 Å². The number of aromatic nitrogens is 1. The molecule has 2 N–H and O–H groups in total. The third-order valence-electron chi connectivity index (χ3n) is 4.41. The first-order chi connectivity index (χ1) is 13.0. The van der Waals surface area contributed by atoms with Crippen molar-refractivity contribution >= 4 is 50.8 Å². The summed E-state index contributed by atoms with van der Waals surface area (Å²) in [6.07, 6.45) is 0.842. The molecule has 1 heterocycles. The minimum atomic E-state index is -0.00522. The summed E-state index contributed by atoms with van der Waals surface area (Å²) in [6, 6.07) is 11.2. The number of phenols is 1. The predicted octanol–water partition coefficient (Wildman–Crippen LogP) is 3.21. The SMILES string of the molecule is CCc1ccc(O)c(/C(=N/NC=S)N(C)c2ccc3c(c2)sc(=O)n3C)c1. The molecule has 0 spiro atoms. The van der Waals surface area contributed by atoms with Gasteiger partial charge in [-0.2, -0.15) is 5.10 Å². The molecule has 140 valence electrons. The minimum Gasteiger partial charge on any atom is -0.507 e. The van der Waals surface area contributed by atoms with Crippen molar-refractivity contribution in [1.82, 2.24) is 9.99 Å². The third kappa shape index (κ3) is 3.72. The van der Waals surface area contributed by atoms with E-state index in [4.69, 9.17) is 12.2 Å². The third-order valence-corrected chi connectivity index (χ3v) is 5.51. The van der Waals surface area contributed by atoms with Gasteiger partial charge < -0.3 is 14.6 Å². The Labute approximate surface area is 166 Å². The maximum absolute atomic E-state index is 11.9. The summed E-state index contributed by atoms with van der Waals surface area (Å²) >= 11 is 6.02. The summed E-state index contributed by atoms with van der Waals surface area (Å²) in [5.74, 6) is 0.654. The van der Waals surface area contributed by atoms with E-state index in [2.05, 4.69) is 17.5 Å². The van der Waals surface area contributed by atoms with Gasteiger partial charge in [-0.1, -0.05) is 36.5 Å². The summed E-state index contributed by atoms with van der Waals surface area (Å²) < 4.78 is 2.52. The molecule has 0 atom stereocenters. The van der Waals surface area contributed by atoms with Crippen LogP contribution in [0, 0.1) is 0 Å². The highest BCUT2D eigenvalue weighted by atomic mass is 32.1. The van der Waals surface area contributed by atoms with E-state index < -0.39 is 0 Å². The lowest BCUT2D eigenvalue weighted by molar-refractivity contribution is 0.473. The number of amidine groups is 1. The number of anilines is 1. The number of hydrogen-bond acceptors (Lipinski definition) is 5.